The zero-order valence-corrected chi connectivity index (χ0v) is 13.9. The molecule has 1 aliphatic rings. The summed E-state index contributed by atoms with van der Waals surface area (Å²) in [6, 6.07) is 3.29. The van der Waals surface area contributed by atoms with E-state index in [1.807, 2.05) is 12.3 Å². The number of amides is 1. The molecule has 0 atom stereocenters. The first kappa shape index (κ1) is 16.1. The van der Waals surface area contributed by atoms with Gasteiger partial charge in [-0.1, -0.05) is 0 Å². The quantitative estimate of drug-likeness (QED) is 0.703. The van der Waals surface area contributed by atoms with Gasteiger partial charge in [0.05, 0.1) is 11.8 Å². The van der Waals surface area contributed by atoms with Gasteiger partial charge < -0.3 is 9.80 Å². The van der Waals surface area contributed by atoms with Crippen LogP contribution in [0.3, 0.4) is 0 Å². The Hall–Kier alpha value is -3.36. The Morgan fingerprint density at radius 2 is 1.85 bits per heavy atom. The summed E-state index contributed by atoms with van der Waals surface area (Å²) < 4.78 is 15.6. The second kappa shape index (κ2) is 6.87. The number of rotatable bonds is 3. The maximum absolute atomic E-state index is 13.8. The molecule has 1 aliphatic heterocycles. The second-order valence-corrected chi connectivity index (χ2v) is 5.84. The molecule has 3 aromatic heterocycles. The number of hydrogen-bond donors (Lipinski definition) is 0. The summed E-state index contributed by atoms with van der Waals surface area (Å²) in [6.45, 7) is 2.20. The fourth-order valence-corrected chi connectivity index (χ4v) is 2.90. The molecule has 3 aromatic rings. The van der Waals surface area contributed by atoms with Gasteiger partial charge in [-0.05, 0) is 6.07 Å². The zero-order valence-electron chi connectivity index (χ0n) is 13.9. The molecule has 0 saturated carbocycles. The molecular formula is C17H16FN7O. The van der Waals surface area contributed by atoms with Crippen molar-refractivity contribution in [1.82, 2.24) is 29.4 Å². The summed E-state index contributed by atoms with van der Waals surface area (Å²) in [6.07, 6.45) is 9.16. The lowest BCUT2D eigenvalue weighted by molar-refractivity contribution is 0.0741. The van der Waals surface area contributed by atoms with Crippen molar-refractivity contribution in [2.75, 3.05) is 31.1 Å². The Balaban J connectivity index is 1.45. The van der Waals surface area contributed by atoms with Crippen LogP contribution in [0.15, 0.2) is 49.6 Å². The van der Waals surface area contributed by atoms with Crippen LogP contribution in [-0.4, -0.2) is 61.5 Å². The van der Waals surface area contributed by atoms with Gasteiger partial charge in [0.15, 0.2) is 5.82 Å². The summed E-state index contributed by atoms with van der Waals surface area (Å²) >= 11 is 0. The molecule has 8 nitrogen and oxygen atoms in total. The van der Waals surface area contributed by atoms with Crippen LogP contribution in [0.4, 0.5) is 10.2 Å². The van der Waals surface area contributed by atoms with E-state index in [9.17, 15) is 9.18 Å². The summed E-state index contributed by atoms with van der Waals surface area (Å²) in [5, 5.41) is 0. The van der Waals surface area contributed by atoms with Crippen LogP contribution >= 0.6 is 0 Å². The molecule has 0 unspecified atom stereocenters. The number of hydrogen-bond acceptors (Lipinski definition) is 6. The van der Waals surface area contributed by atoms with Gasteiger partial charge >= 0.3 is 0 Å². The molecular weight excluding hydrogens is 337 g/mol. The highest BCUT2D eigenvalue weighted by atomic mass is 19.1. The Kier molecular flexibility index (Phi) is 4.26. The van der Waals surface area contributed by atoms with Gasteiger partial charge in [0.2, 0.25) is 0 Å². The van der Waals surface area contributed by atoms with Crippen molar-refractivity contribution >= 4 is 11.7 Å². The molecule has 4 heterocycles. The highest BCUT2D eigenvalue weighted by molar-refractivity contribution is 5.94. The molecule has 0 N–H and O–H groups in total. The SMILES string of the molecule is O=C(c1ccncc1F)N1CCN(c2cc(-n3ccnc3)ncn2)CC1. The predicted molar refractivity (Wildman–Crippen MR) is 91.5 cm³/mol. The Bertz CT molecular complexity index is 907. The maximum atomic E-state index is 13.8. The maximum Gasteiger partial charge on any atom is 0.257 e. The molecule has 0 bridgehead atoms. The number of imidazole rings is 1. The van der Waals surface area contributed by atoms with Crippen molar-refractivity contribution in [3.63, 3.8) is 0 Å². The van der Waals surface area contributed by atoms with Crippen molar-refractivity contribution in [3.8, 4) is 5.82 Å². The van der Waals surface area contributed by atoms with Gasteiger partial charge in [-0.25, -0.2) is 19.3 Å². The monoisotopic (exact) mass is 353 g/mol. The van der Waals surface area contributed by atoms with Crippen molar-refractivity contribution in [2.45, 2.75) is 0 Å². The highest BCUT2D eigenvalue weighted by Gasteiger charge is 2.24. The molecule has 1 amide bonds. The summed E-state index contributed by atoms with van der Waals surface area (Å²) in [4.78, 5) is 32.5. The number of piperazine rings is 1. The summed E-state index contributed by atoms with van der Waals surface area (Å²) in [5.74, 6) is 0.600. The molecule has 1 fully saturated rings. The first-order valence-corrected chi connectivity index (χ1v) is 8.16. The van der Waals surface area contributed by atoms with E-state index < -0.39 is 5.82 Å². The van der Waals surface area contributed by atoms with Crippen LogP contribution in [0.2, 0.25) is 0 Å². The second-order valence-electron chi connectivity index (χ2n) is 5.84. The van der Waals surface area contributed by atoms with E-state index in [-0.39, 0.29) is 11.5 Å². The summed E-state index contributed by atoms with van der Waals surface area (Å²) in [7, 11) is 0. The minimum atomic E-state index is -0.597. The van der Waals surface area contributed by atoms with Crippen LogP contribution in [0.5, 0.6) is 0 Å². The molecule has 0 aromatic carbocycles. The lowest BCUT2D eigenvalue weighted by atomic mass is 10.2. The van der Waals surface area contributed by atoms with Gasteiger partial charge in [-0.3, -0.25) is 14.3 Å². The molecule has 132 valence electrons. The Morgan fingerprint density at radius 1 is 1.04 bits per heavy atom. The third-order valence-corrected chi connectivity index (χ3v) is 4.30. The number of halogens is 1. The van der Waals surface area contributed by atoms with Crippen LogP contribution < -0.4 is 4.90 Å². The van der Waals surface area contributed by atoms with Crippen molar-refractivity contribution < 1.29 is 9.18 Å². The normalized spacial score (nSPS) is 14.5. The summed E-state index contributed by atoms with van der Waals surface area (Å²) in [5.41, 5.74) is 0.0536. The number of nitrogens with zero attached hydrogens (tertiary/aromatic N) is 7. The molecule has 0 aliphatic carbocycles. The minimum Gasteiger partial charge on any atom is -0.353 e. The number of anilines is 1. The molecule has 0 spiro atoms. The minimum absolute atomic E-state index is 0.0536. The molecule has 0 radical (unpaired) electrons. The first-order valence-electron chi connectivity index (χ1n) is 8.16. The van der Waals surface area contributed by atoms with Crippen molar-refractivity contribution in [2.24, 2.45) is 0 Å². The average molecular weight is 353 g/mol. The smallest absolute Gasteiger partial charge is 0.257 e. The van der Waals surface area contributed by atoms with Crippen LogP contribution in [0.1, 0.15) is 10.4 Å². The molecule has 4 rings (SSSR count). The van der Waals surface area contributed by atoms with Gasteiger partial charge in [0.25, 0.3) is 5.91 Å². The highest BCUT2D eigenvalue weighted by Crippen LogP contribution is 2.17. The van der Waals surface area contributed by atoms with Crippen LogP contribution in [-0.2, 0) is 0 Å². The van der Waals surface area contributed by atoms with E-state index >= 15 is 0 Å². The molecule has 26 heavy (non-hydrogen) atoms. The van der Waals surface area contributed by atoms with Crippen molar-refractivity contribution in [1.29, 1.82) is 0 Å². The molecule has 1 saturated heterocycles. The van der Waals surface area contributed by atoms with Crippen molar-refractivity contribution in [3.05, 3.63) is 61.0 Å². The van der Waals surface area contributed by atoms with Gasteiger partial charge in [0.1, 0.15) is 24.3 Å². The largest absolute Gasteiger partial charge is 0.353 e. The lowest BCUT2D eigenvalue weighted by Crippen LogP contribution is -2.49. The average Bonchev–Trinajstić information content (AvgIpc) is 3.23. The van der Waals surface area contributed by atoms with Crippen LogP contribution in [0.25, 0.3) is 5.82 Å². The van der Waals surface area contributed by atoms with E-state index in [0.29, 0.717) is 26.2 Å². The van der Waals surface area contributed by atoms with Gasteiger partial charge in [0, 0.05) is 50.8 Å². The Morgan fingerprint density at radius 3 is 2.58 bits per heavy atom. The standard InChI is InChI=1S/C17H16FN7O/c18-14-10-19-2-1-13(14)17(26)24-7-5-23(6-8-24)15-9-16(22-11-21-15)25-4-3-20-12-25/h1-4,9-12H,5-8H2. The van der Waals surface area contributed by atoms with E-state index in [1.54, 1.807) is 22.0 Å². The third kappa shape index (κ3) is 3.10. The number of carbonyl (C=O) groups is 1. The number of carbonyl (C=O) groups excluding carboxylic acids is 1. The van der Waals surface area contributed by atoms with E-state index in [0.717, 1.165) is 17.8 Å². The van der Waals surface area contributed by atoms with E-state index in [2.05, 4.69) is 24.8 Å². The lowest BCUT2D eigenvalue weighted by Gasteiger charge is -2.35. The van der Waals surface area contributed by atoms with Gasteiger partial charge in [-0.2, -0.15) is 0 Å². The third-order valence-electron chi connectivity index (χ3n) is 4.30. The van der Waals surface area contributed by atoms with E-state index in [1.165, 1.54) is 18.6 Å². The predicted octanol–water partition coefficient (Wildman–Crippen LogP) is 1.16. The topological polar surface area (TPSA) is 80.0 Å². The van der Waals surface area contributed by atoms with Gasteiger partial charge in [-0.15, -0.1) is 0 Å². The Labute approximate surface area is 149 Å². The van der Waals surface area contributed by atoms with E-state index in [4.69, 9.17) is 0 Å². The number of pyridine rings is 1. The van der Waals surface area contributed by atoms with Crippen LogP contribution in [0, 0.1) is 5.82 Å². The number of aromatic nitrogens is 5. The fraction of sp³-hybridized carbons (Fsp3) is 0.235. The first-order chi connectivity index (χ1) is 12.7. The molecule has 9 heteroatoms. The zero-order chi connectivity index (χ0) is 17.9. The fourth-order valence-electron chi connectivity index (χ4n) is 2.90.